The Labute approximate surface area is 126 Å². The Morgan fingerprint density at radius 2 is 1.81 bits per heavy atom. The predicted molar refractivity (Wildman–Crippen MR) is 84.0 cm³/mol. The number of hydrogen-bond donors (Lipinski definition) is 2. The number of para-hydroxylation sites is 1. The van der Waals surface area contributed by atoms with Crippen LogP contribution in [-0.4, -0.2) is 17.9 Å². The van der Waals surface area contributed by atoms with Gasteiger partial charge >= 0.3 is 0 Å². The third-order valence-corrected chi connectivity index (χ3v) is 4.13. The van der Waals surface area contributed by atoms with E-state index in [0.29, 0.717) is 0 Å². The molecule has 2 rings (SSSR count). The summed E-state index contributed by atoms with van der Waals surface area (Å²) >= 11 is 0. The van der Waals surface area contributed by atoms with E-state index in [9.17, 15) is 9.59 Å². The largest absolute Gasteiger partial charge is 0.344 e. The van der Waals surface area contributed by atoms with Crippen LogP contribution in [0.5, 0.6) is 0 Å². The van der Waals surface area contributed by atoms with Crippen molar-refractivity contribution in [2.75, 3.05) is 5.32 Å². The molecule has 1 aliphatic carbocycles. The Kier molecular flexibility index (Phi) is 5.37. The van der Waals surface area contributed by atoms with Crippen molar-refractivity contribution in [2.24, 2.45) is 5.92 Å². The summed E-state index contributed by atoms with van der Waals surface area (Å²) in [6, 6.07) is 7.11. The lowest BCUT2D eigenvalue weighted by Crippen LogP contribution is -2.44. The van der Waals surface area contributed by atoms with Gasteiger partial charge in [0.2, 0.25) is 11.8 Å². The van der Waals surface area contributed by atoms with Crippen molar-refractivity contribution < 1.29 is 9.59 Å². The maximum atomic E-state index is 12.2. The second-order valence-corrected chi connectivity index (χ2v) is 5.87. The monoisotopic (exact) mass is 288 g/mol. The van der Waals surface area contributed by atoms with Crippen LogP contribution in [0.25, 0.3) is 0 Å². The zero-order valence-electron chi connectivity index (χ0n) is 12.8. The second-order valence-electron chi connectivity index (χ2n) is 5.87. The van der Waals surface area contributed by atoms with E-state index < -0.39 is 6.04 Å². The minimum absolute atomic E-state index is 0.0159. The third-order valence-electron chi connectivity index (χ3n) is 4.13. The number of benzene rings is 1. The van der Waals surface area contributed by atoms with Crippen molar-refractivity contribution in [3.8, 4) is 0 Å². The molecule has 4 nitrogen and oxygen atoms in total. The highest BCUT2D eigenvalue weighted by molar-refractivity contribution is 5.97. The van der Waals surface area contributed by atoms with Crippen LogP contribution >= 0.6 is 0 Å². The van der Waals surface area contributed by atoms with E-state index in [-0.39, 0.29) is 17.7 Å². The number of carbonyl (C=O) groups excluding carboxylic acids is 2. The Morgan fingerprint density at radius 3 is 2.48 bits per heavy atom. The van der Waals surface area contributed by atoms with Crippen molar-refractivity contribution in [1.82, 2.24) is 5.32 Å². The Hall–Kier alpha value is -1.84. The zero-order valence-corrected chi connectivity index (χ0v) is 12.8. The number of hydrogen-bond acceptors (Lipinski definition) is 2. The van der Waals surface area contributed by atoms with E-state index in [4.69, 9.17) is 0 Å². The molecule has 0 heterocycles. The van der Waals surface area contributed by atoms with Crippen LogP contribution < -0.4 is 10.6 Å². The second kappa shape index (κ2) is 7.25. The van der Waals surface area contributed by atoms with E-state index in [1.54, 1.807) is 6.92 Å². The van der Waals surface area contributed by atoms with Gasteiger partial charge in [-0.15, -0.1) is 0 Å². The predicted octanol–water partition coefficient (Wildman–Crippen LogP) is 3.02. The molecule has 1 saturated carbocycles. The summed E-state index contributed by atoms with van der Waals surface area (Å²) in [7, 11) is 0. The molecule has 4 heteroatoms. The summed E-state index contributed by atoms with van der Waals surface area (Å²) in [5.74, 6) is -0.0805. The molecule has 1 aromatic carbocycles. The van der Waals surface area contributed by atoms with E-state index in [1.807, 2.05) is 31.2 Å². The fourth-order valence-electron chi connectivity index (χ4n) is 2.72. The van der Waals surface area contributed by atoms with Crippen LogP contribution in [-0.2, 0) is 9.59 Å². The number of anilines is 1. The molecular weight excluding hydrogens is 264 g/mol. The summed E-state index contributed by atoms with van der Waals surface area (Å²) in [5.41, 5.74) is 1.80. The molecule has 1 atom stereocenters. The highest BCUT2D eigenvalue weighted by atomic mass is 16.2. The van der Waals surface area contributed by atoms with Gasteiger partial charge in [0.05, 0.1) is 0 Å². The van der Waals surface area contributed by atoms with Crippen LogP contribution in [0, 0.1) is 12.8 Å². The summed E-state index contributed by atoms with van der Waals surface area (Å²) in [4.78, 5) is 24.3. The quantitative estimate of drug-likeness (QED) is 0.894. The normalized spacial score (nSPS) is 17.0. The van der Waals surface area contributed by atoms with Gasteiger partial charge in [-0.1, -0.05) is 37.5 Å². The summed E-state index contributed by atoms with van der Waals surface area (Å²) in [6.45, 7) is 3.68. The fraction of sp³-hybridized carbons (Fsp3) is 0.529. The molecule has 2 amide bonds. The number of carbonyl (C=O) groups is 2. The highest BCUT2D eigenvalue weighted by Gasteiger charge is 2.24. The maximum absolute atomic E-state index is 12.2. The standard InChI is InChI=1S/C17H24N2O2/c1-12-8-6-7-11-15(12)19-16(20)13(2)18-17(21)14-9-4-3-5-10-14/h6-8,11,13-14H,3-5,9-10H2,1-2H3,(H,18,21)(H,19,20)/t13-/m1/s1. The van der Waals surface area contributed by atoms with E-state index in [2.05, 4.69) is 10.6 Å². The molecule has 0 bridgehead atoms. The van der Waals surface area contributed by atoms with Gasteiger partial charge in [0, 0.05) is 11.6 Å². The lowest BCUT2D eigenvalue weighted by Gasteiger charge is -2.23. The minimum Gasteiger partial charge on any atom is -0.344 e. The van der Waals surface area contributed by atoms with Gasteiger partial charge in [-0.2, -0.15) is 0 Å². The SMILES string of the molecule is Cc1ccccc1NC(=O)[C@@H](C)NC(=O)C1CCCCC1. The molecule has 0 saturated heterocycles. The number of amides is 2. The van der Waals surface area contributed by atoms with Crippen molar-refractivity contribution in [3.05, 3.63) is 29.8 Å². The van der Waals surface area contributed by atoms with Crippen molar-refractivity contribution in [2.45, 2.75) is 52.0 Å². The van der Waals surface area contributed by atoms with Gasteiger partial charge in [0.25, 0.3) is 0 Å². The first-order valence-electron chi connectivity index (χ1n) is 7.75. The summed E-state index contributed by atoms with van der Waals surface area (Å²) in [5, 5.41) is 5.70. The number of nitrogens with one attached hydrogen (secondary N) is 2. The Balaban J connectivity index is 1.87. The molecule has 2 N–H and O–H groups in total. The smallest absolute Gasteiger partial charge is 0.246 e. The Bertz CT molecular complexity index is 507. The van der Waals surface area contributed by atoms with E-state index >= 15 is 0 Å². The molecule has 0 spiro atoms. The number of aryl methyl sites for hydroxylation is 1. The maximum Gasteiger partial charge on any atom is 0.246 e. The van der Waals surface area contributed by atoms with Crippen LogP contribution in [0.1, 0.15) is 44.6 Å². The molecule has 0 aliphatic heterocycles. The third kappa shape index (κ3) is 4.31. The molecule has 21 heavy (non-hydrogen) atoms. The average molecular weight is 288 g/mol. The van der Waals surface area contributed by atoms with Gasteiger partial charge in [0.1, 0.15) is 6.04 Å². The summed E-state index contributed by atoms with van der Waals surface area (Å²) < 4.78 is 0. The molecular formula is C17H24N2O2. The van der Waals surface area contributed by atoms with Crippen LogP contribution in [0.2, 0.25) is 0 Å². The molecule has 1 aliphatic rings. The fourth-order valence-corrected chi connectivity index (χ4v) is 2.72. The van der Waals surface area contributed by atoms with Crippen molar-refractivity contribution in [3.63, 3.8) is 0 Å². The van der Waals surface area contributed by atoms with Crippen LogP contribution in [0.4, 0.5) is 5.69 Å². The molecule has 0 radical (unpaired) electrons. The van der Waals surface area contributed by atoms with Gasteiger partial charge in [-0.25, -0.2) is 0 Å². The first kappa shape index (κ1) is 15.5. The van der Waals surface area contributed by atoms with Crippen LogP contribution in [0.3, 0.4) is 0 Å². The molecule has 1 fully saturated rings. The van der Waals surface area contributed by atoms with E-state index in [0.717, 1.165) is 36.9 Å². The van der Waals surface area contributed by atoms with Crippen LogP contribution in [0.15, 0.2) is 24.3 Å². The topological polar surface area (TPSA) is 58.2 Å². The van der Waals surface area contributed by atoms with E-state index in [1.165, 1.54) is 6.42 Å². The lowest BCUT2D eigenvalue weighted by atomic mass is 9.88. The molecule has 0 aromatic heterocycles. The number of rotatable bonds is 4. The highest BCUT2D eigenvalue weighted by Crippen LogP contribution is 2.23. The molecule has 1 aromatic rings. The molecule has 114 valence electrons. The molecule has 0 unspecified atom stereocenters. The Morgan fingerprint density at radius 1 is 1.14 bits per heavy atom. The lowest BCUT2D eigenvalue weighted by molar-refractivity contribution is -0.129. The van der Waals surface area contributed by atoms with Gasteiger partial charge in [0.15, 0.2) is 0 Å². The zero-order chi connectivity index (χ0) is 15.2. The summed E-state index contributed by atoms with van der Waals surface area (Å²) in [6.07, 6.45) is 5.33. The van der Waals surface area contributed by atoms with Gasteiger partial charge in [-0.05, 0) is 38.3 Å². The van der Waals surface area contributed by atoms with Crippen molar-refractivity contribution >= 4 is 17.5 Å². The van der Waals surface area contributed by atoms with Gasteiger partial charge < -0.3 is 10.6 Å². The van der Waals surface area contributed by atoms with Gasteiger partial charge in [-0.3, -0.25) is 9.59 Å². The average Bonchev–Trinajstić information content (AvgIpc) is 2.50. The minimum atomic E-state index is -0.515. The van der Waals surface area contributed by atoms with Crippen molar-refractivity contribution in [1.29, 1.82) is 0 Å². The first-order valence-corrected chi connectivity index (χ1v) is 7.75. The first-order chi connectivity index (χ1) is 10.1.